The molecule has 33 heavy (non-hydrogen) atoms. The highest BCUT2D eigenvalue weighted by molar-refractivity contribution is 7.80. The van der Waals surface area contributed by atoms with Crippen molar-refractivity contribution in [1.82, 2.24) is 10.6 Å². The summed E-state index contributed by atoms with van der Waals surface area (Å²) in [4.78, 5) is 11.7. The van der Waals surface area contributed by atoms with Crippen molar-refractivity contribution in [2.75, 3.05) is 26.3 Å². The molecule has 0 saturated carbocycles. The standard InChI is InChI=1S/C15H24N2O3.C6H6OS.C4H8O/c1-11(2)9-16-10-14(18)13(17-15(19)20)8-12-6-4-3-5-7-12;7-5-1-3-6(8)4-2-5;1-2-4-5-3-1/h3-7,11,13-14,16-18H,8-10H2,1-2H3,(H,19,20);1-4,7-8H;1-4H2. The van der Waals surface area contributed by atoms with E-state index < -0.39 is 18.2 Å². The molecule has 2 atom stereocenters. The summed E-state index contributed by atoms with van der Waals surface area (Å²) in [5, 5.41) is 33.3. The minimum Gasteiger partial charge on any atom is -0.508 e. The third-order valence-electron chi connectivity index (χ3n) is 4.65. The zero-order valence-electron chi connectivity index (χ0n) is 19.5. The van der Waals surface area contributed by atoms with Crippen LogP contribution in [0.2, 0.25) is 0 Å². The zero-order chi connectivity index (χ0) is 24.5. The largest absolute Gasteiger partial charge is 0.508 e. The van der Waals surface area contributed by atoms with Crippen molar-refractivity contribution in [2.45, 2.75) is 50.2 Å². The number of aromatic hydroxyl groups is 1. The lowest BCUT2D eigenvalue weighted by Crippen LogP contribution is -2.48. The molecule has 0 aromatic heterocycles. The van der Waals surface area contributed by atoms with Gasteiger partial charge in [0.15, 0.2) is 0 Å². The molecule has 1 aliphatic heterocycles. The maximum Gasteiger partial charge on any atom is 0.404 e. The van der Waals surface area contributed by atoms with Crippen molar-refractivity contribution in [3.05, 3.63) is 60.2 Å². The Morgan fingerprint density at radius 1 is 1.03 bits per heavy atom. The fraction of sp³-hybridized carbons (Fsp3) is 0.480. The van der Waals surface area contributed by atoms with Gasteiger partial charge in [-0.05, 0) is 61.6 Å². The number of hydrogen-bond acceptors (Lipinski definition) is 6. The number of aliphatic hydroxyl groups excluding tert-OH is 1. The molecule has 1 fully saturated rings. The van der Waals surface area contributed by atoms with E-state index in [1.807, 2.05) is 30.3 Å². The van der Waals surface area contributed by atoms with Crippen LogP contribution in [0.25, 0.3) is 0 Å². The Balaban J connectivity index is 0.000000336. The minimum atomic E-state index is -1.12. The molecule has 184 valence electrons. The Hall–Kier alpha value is -2.26. The van der Waals surface area contributed by atoms with Gasteiger partial charge in [-0.25, -0.2) is 4.79 Å². The lowest BCUT2D eigenvalue weighted by atomic mass is 10.0. The second-order valence-corrected chi connectivity index (χ2v) is 8.72. The van der Waals surface area contributed by atoms with Gasteiger partial charge in [-0.3, -0.25) is 0 Å². The summed E-state index contributed by atoms with van der Waals surface area (Å²) in [6, 6.07) is 15.7. The van der Waals surface area contributed by atoms with Crippen LogP contribution < -0.4 is 10.6 Å². The predicted molar refractivity (Wildman–Crippen MR) is 134 cm³/mol. The van der Waals surface area contributed by atoms with Crippen LogP contribution in [0.15, 0.2) is 59.5 Å². The fourth-order valence-corrected chi connectivity index (χ4v) is 3.08. The molecule has 1 saturated heterocycles. The minimum absolute atomic E-state index is 0.280. The van der Waals surface area contributed by atoms with Crippen molar-refractivity contribution in [3.8, 4) is 5.75 Å². The Kier molecular flexibility index (Phi) is 15.0. The Labute approximate surface area is 202 Å². The molecule has 0 spiro atoms. The van der Waals surface area contributed by atoms with Gasteiger partial charge in [-0.1, -0.05) is 44.2 Å². The average Bonchev–Trinajstić information content (AvgIpc) is 3.36. The first-order chi connectivity index (χ1) is 15.8. The van der Waals surface area contributed by atoms with E-state index in [1.165, 1.54) is 12.8 Å². The molecule has 2 aromatic carbocycles. The summed E-state index contributed by atoms with van der Waals surface area (Å²) >= 11 is 4.02. The third-order valence-corrected chi connectivity index (χ3v) is 4.95. The predicted octanol–water partition coefficient (Wildman–Crippen LogP) is 3.95. The van der Waals surface area contributed by atoms with E-state index in [0.29, 0.717) is 18.9 Å². The van der Waals surface area contributed by atoms with Crippen LogP contribution in [0.1, 0.15) is 32.3 Å². The molecule has 8 heteroatoms. The number of phenolic OH excluding ortho intramolecular Hbond substituents is 1. The highest BCUT2D eigenvalue weighted by atomic mass is 32.1. The van der Waals surface area contributed by atoms with Gasteiger partial charge >= 0.3 is 6.09 Å². The number of hydrogen-bond donors (Lipinski definition) is 6. The van der Waals surface area contributed by atoms with Crippen molar-refractivity contribution in [1.29, 1.82) is 0 Å². The normalized spacial score (nSPS) is 14.3. The Bertz CT molecular complexity index is 727. The summed E-state index contributed by atoms with van der Waals surface area (Å²) in [5.74, 6) is 0.769. The number of carboxylic acid groups (broad SMARTS) is 1. The number of amides is 1. The number of benzene rings is 2. The number of phenols is 1. The van der Waals surface area contributed by atoms with Gasteiger partial charge in [0.2, 0.25) is 0 Å². The summed E-state index contributed by atoms with van der Waals surface area (Å²) in [7, 11) is 0. The molecule has 1 amide bonds. The maximum atomic E-state index is 10.8. The third kappa shape index (κ3) is 15.2. The fourth-order valence-electron chi connectivity index (χ4n) is 2.93. The molecular weight excluding hydrogens is 440 g/mol. The van der Waals surface area contributed by atoms with Crippen LogP contribution in [0.3, 0.4) is 0 Å². The maximum absolute atomic E-state index is 10.8. The van der Waals surface area contributed by atoms with Gasteiger partial charge in [-0.15, -0.1) is 12.6 Å². The second-order valence-electron chi connectivity index (χ2n) is 8.20. The lowest BCUT2D eigenvalue weighted by Gasteiger charge is -2.23. The molecule has 3 rings (SSSR count). The zero-order valence-corrected chi connectivity index (χ0v) is 20.4. The monoisotopic (exact) mass is 478 g/mol. The van der Waals surface area contributed by atoms with Gasteiger partial charge < -0.3 is 30.7 Å². The first kappa shape index (κ1) is 28.8. The molecule has 5 N–H and O–H groups in total. The van der Waals surface area contributed by atoms with E-state index in [-0.39, 0.29) is 5.75 Å². The van der Waals surface area contributed by atoms with Crippen molar-refractivity contribution in [2.24, 2.45) is 5.92 Å². The quantitative estimate of drug-likeness (QED) is 0.321. The number of carbonyl (C=O) groups is 1. The SMILES string of the molecule is C1CCOC1.CC(C)CNCC(O)C(Cc1ccccc1)NC(=O)O.Oc1ccc(S)cc1. The smallest absolute Gasteiger partial charge is 0.404 e. The highest BCUT2D eigenvalue weighted by Gasteiger charge is 2.21. The number of ether oxygens (including phenoxy) is 1. The molecule has 0 radical (unpaired) electrons. The van der Waals surface area contributed by atoms with Gasteiger partial charge in [-0.2, -0.15) is 0 Å². The van der Waals surface area contributed by atoms with Crippen LogP contribution in [0.4, 0.5) is 4.79 Å². The van der Waals surface area contributed by atoms with Crippen LogP contribution >= 0.6 is 12.6 Å². The van der Waals surface area contributed by atoms with E-state index in [2.05, 4.69) is 37.1 Å². The highest BCUT2D eigenvalue weighted by Crippen LogP contribution is 2.11. The molecule has 1 heterocycles. The molecule has 0 aliphatic carbocycles. The molecular formula is C25H38N2O5S. The van der Waals surface area contributed by atoms with E-state index in [4.69, 9.17) is 14.9 Å². The first-order valence-corrected chi connectivity index (χ1v) is 11.7. The van der Waals surface area contributed by atoms with Crippen LogP contribution in [0.5, 0.6) is 5.75 Å². The van der Waals surface area contributed by atoms with Gasteiger partial charge in [0.25, 0.3) is 0 Å². The first-order valence-electron chi connectivity index (χ1n) is 11.3. The van der Waals surface area contributed by atoms with Crippen molar-refractivity contribution >= 4 is 18.7 Å². The van der Waals surface area contributed by atoms with E-state index in [1.54, 1.807) is 24.3 Å². The summed E-state index contributed by atoms with van der Waals surface area (Å²) in [5.41, 5.74) is 0.995. The summed E-state index contributed by atoms with van der Waals surface area (Å²) < 4.78 is 4.94. The second kappa shape index (κ2) is 17.2. The van der Waals surface area contributed by atoms with E-state index in [0.717, 1.165) is 30.2 Å². The number of nitrogens with one attached hydrogen (secondary N) is 2. The van der Waals surface area contributed by atoms with Crippen LogP contribution in [-0.2, 0) is 11.2 Å². The lowest BCUT2D eigenvalue weighted by molar-refractivity contribution is 0.117. The Morgan fingerprint density at radius 3 is 2.09 bits per heavy atom. The topological polar surface area (TPSA) is 111 Å². The van der Waals surface area contributed by atoms with Gasteiger partial charge in [0, 0.05) is 24.7 Å². The van der Waals surface area contributed by atoms with Crippen LogP contribution in [-0.4, -0.2) is 59.9 Å². The van der Waals surface area contributed by atoms with Crippen molar-refractivity contribution < 1.29 is 24.9 Å². The molecule has 2 aromatic rings. The summed E-state index contributed by atoms with van der Waals surface area (Å²) in [6.07, 6.45) is 1.15. The number of aliphatic hydroxyl groups is 1. The van der Waals surface area contributed by atoms with E-state index in [9.17, 15) is 9.90 Å². The average molecular weight is 479 g/mol. The van der Waals surface area contributed by atoms with Crippen molar-refractivity contribution in [3.63, 3.8) is 0 Å². The van der Waals surface area contributed by atoms with Gasteiger partial charge in [0.05, 0.1) is 12.1 Å². The molecule has 2 unspecified atom stereocenters. The Morgan fingerprint density at radius 2 is 1.64 bits per heavy atom. The summed E-state index contributed by atoms with van der Waals surface area (Å²) in [6.45, 7) is 7.32. The van der Waals surface area contributed by atoms with Crippen LogP contribution in [0, 0.1) is 5.92 Å². The van der Waals surface area contributed by atoms with E-state index >= 15 is 0 Å². The molecule has 0 bridgehead atoms. The molecule has 7 nitrogen and oxygen atoms in total. The number of thiol groups is 1. The van der Waals surface area contributed by atoms with Gasteiger partial charge in [0.1, 0.15) is 5.75 Å². The molecule has 1 aliphatic rings. The number of rotatable bonds is 8.